The van der Waals surface area contributed by atoms with Gasteiger partial charge in [0.15, 0.2) is 0 Å². The van der Waals surface area contributed by atoms with Crippen molar-refractivity contribution in [1.29, 1.82) is 0 Å². The summed E-state index contributed by atoms with van der Waals surface area (Å²) < 4.78 is 35.7. The van der Waals surface area contributed by atoms with E-state index in [4.69, 9.17) is 20.6 Å². The molecule has 3 nitrogen and oxygen atoms in total. The maximum Gasteiger partial charge on any atom is 0.364 e. The number of rotatable bonds is 6. The highest BCUT2D eigenvalue weighted by atomic mass is 35.5. The molecular formula is C12H15ClFO3P. The standard InChI is InChI=1S/C12H15ClFO3P/c1-3-16-18(15,17-4-2)12(9-14)10-5-7-11(13)8-6-10/h5-9H,3-4H2,1-2H3/b12-9-. The monoisotopic (exact) mass is 292 g/mol. The van der Waals surface area contributed by atoms with E-state index < -0.39 is 7.60 Å². The molecule has 0 saturated heterocycles. The summed E-state index contributed by atoms with van der Waals surface area (Å²) in [4.78, 5) is 0. The maximum absolute atomic E-state index is 13.1. The Kier molecular flexibility index (Phi) is 6.03. The van der Waals surface area contributed by atoms with E-state index in [2.05, 4.69) is 0 Å². The zero-order chi connectivity index (χ0) is 13.6. The molecule has 1 rings (SSSR count). The van der Waals surface area contributed by atoms with Crippen molar-refractivity contribution in [1.82, 2.24) is 0 Å². The first kappa shape index (κ1) is 15.4. The van der Waals surface area contributed by atoms with Crippen molar-refractivity contribution < 1.29 is 18.0 Å². The van der Waals surface area contributed by atoms with Crippen LogP contribution in [-0.2, 0) is 13.6 Å². The van der Waals surface area contributed by atoms with E-state index >= 15 is 0 Å². The Balaban J connectivity index is 3.15. The largest absolute Gasteiger partial charge is 0.364 e. The molecule has 1 aromatic rings. The van der Waals surface area contributed by atoms with Crippen LogP contribution >= 0.6 is 19.2 Å². The smallest absolute Gasteiger partial charge is 0.305 e. The molecule has 0 aromatic heterocycles. The van der Waals surface area contributed by atoms with Gasteiger partial charge in [0.1, 0.15) is 6.33 Å². The fourth-order valence-corrected chi connectivity index (χ4v) is 3.16. The Labute approximate surface area is 111 Å². The molecule has 1 aromatic carbocycles. The molecule has 0 bridgehead atoms. The molecule has 0 heterocycles. The molecule has 0 aliphatic rings. The van der Waals surface area contributed by atoms with Crippen molar-refractivity contribution in [3.8, 4) is 0 Å². The van der Waals surface area contributed by atoms with Crippen LogP contribution in [0.5, 0.6) is 0 Å². The van der Waals surface area contributed by atoms with Gasteiger partial charge in [-0.1, -0.05) is 23.7 Å². The van der Waals surface area contributed by atoms with E-state index in [9.17, 15) is 8.96 Å². The Bertz CT molecular complexity index is 449. The average Bonchev–Trinajstić information content (AvgIpc) is 2.33. The Morgan fingerprint density at radius 2 is 1.78 bits per heavy atom. The highest BCUT2D eigenvalue weighted by Gasteiger charge is 2.31. The van der Waals surface area contributed by atoms with Crippen molar-refractivity contribution in [3.05, 3.63) is 41.2 Å². The molecule has 100 valence electrons. The third kappa shape index (κ3) is 3.66. The van der Waals surface area contributed by atoms with Crippen LogP contribution < -0.4 is 0 Å². The fourth-order valence-electron chi connectivity index (χ4n) is 1.42. The average molecular weight is 293 g/mol. The van der Waals surface area contributed by atoms with Crippen LogP contribution in [0, 0.1) is 0 Å². The summed E-state index contributed by atoms with van der Waals surface area (Å²) in [6, 6.07) is 6.31. The van der Waals surface area contributed by atoms with Crippen molar-refractivity contribution in [2.45, 2.75) is 13.8 Å². The Hall–Kier alpha value is -0.670. The van der Waals surface area contributed by atoms with Gasteiger partial charge in [-0.05, 0) is 31.5 Å². The maximum atomic E-state index is 13.1. The molecule has 0 radical (unpaired) electrons. The van der Waals surface area contributed by atoms with Crippen molar-refractivity contribution >= 4 is 24.5 Å². The molecule has 0 unspecified atom stereocenters. The van der Waals surface area contributed by atoms with Gasteiger partial charge in [-0.2, -0.15) is 0 Å². The molecule has 0 saturated carbocycles. The quantitative estimate of drug-likeness (QED) is 0.701. The molecule has 0 fully saturated rings. The molecule has 0 N–H and O–H groups in total. The number of hydrogen-bond acceptors (Lipinski definition) is 3. The van der Waals surface area contributed by atoms with Crippen LogP contribution in [0.25, 0.3) is 5.31 Å². The first-order chi connectivity index (χ1) is 8.57. The summed E-state index contributed by atoms with van der Waals surface area (Å²) in [5.74, 6) is 0. The normalized spacial score (nSPS) is 12.8. The molecule has 0 aliphatic carbocycles. The van der Waals surface area contributed by atoms with Gasteiger partial charge < -0.3 is 9.05 Å². The summed E-state index contributed by atoms with van der Waals surface area (Å²) in [5.41, 5.74) is 0.423. The minimum absolute atomic E-state index is 0.0946. The zero-order valence-corrected chi connectivity index (χ0v) is 11.9. The van der Waals surface area contributed by atoms with E-state index in [-0.39, 0.29) is 24.9 Å². The predicted molar refractivity (Wildman–Crippen MR) is 71.4 cm³/mol. The lowest BCUT2D eigenvalue weighted by atomic mass is 10.2. The molecule has 0 atom stereocenters. The fraction of sp³-hybridized carbons (Fsp3) is 0.333. The Morgan fingerprint density at radius 1 is 1.28 bits per heavy atom. The lowest BCUT2D eigenvalue weighted by molar-refractivity contribution is 0.230. The second kappa shape index (κ2) is 7.05. The predicted octanol–water partition coefficient (Wildman–Crippen LogP) is 4.87. The van der Waals surface area contributed by atoms with Crippen LogP contribution in [0.15, 0.2) is 30.6 Å². The molecule has 0 amide bonds. The second-order valence-electron chi connectivity index (χ2n) is 3.33. The molecule has 18 heavy (non-hydrogen) atoms. The number of halogens is 2. The van der Waals surface area contributed by atoms with Gasteiger partial charge >= 0.3 is 7.60 Å². The Morgan fingerprint density at radius 3 is 2.17 bits per heavy atom. The van der Waals surface area contributed by atoms with Gasteiger partial charge in [0, 0.05) is 5.02 Å². The minimum atomic E-state index is -3.62. The summed E-state index contributed by atoms with van der Waals surface area (Å²) in [5, 5.41) is 0.419. The number of hydrogen-bond donors (Lipinski definition) is 0. The topological polar surface area (TPSA) is 35.5 Å². The highest BCUT2D eigenvalue weighted by Crippen LogP contribution is 2.60. The van der Waals surface area contributed by atoms with Crippen molar-refractivity contribution in [3.63, 3.8) is 0 Å². The second-order valence-corrected chi connectivity index (χ2v) is 5.76. The summed E-state index contributed by atoms with van der Waals surface area (Å²) >= 11 is 5.75. The van der Waals surface area contributed by atoms with Gasteiger partial charge in [-0.25, -0.2) is 4.39 Å². The minimum Gasteiger partial charge on any atom is -0.305 e. The van der Waals surface area contributed by atoms with Gasteiger partial charge in [-0.3, -0.25) is 4.57 Å². The van der Waals surface area contributed by atoms with Crippen molar-refractivity contribution in [2.24, 2.45) is 0 Å². The van der Waals surface area contributed by atoms with Gasteiger partial charge in [0.2, 0.25) is 0 Å². The van der Waals surface area contributed by atoms with Gasteiger partial charge in [0.05, 0.1) is 18.5 Å². The zero-order valence-electron chi connectivity index (χ0n) is 10.2. The lowest BCUT2D eigenvalue weighted by Gasteiger charge is -2.19. The van der Waals surface area contributed by atoms with E-state index in [1.807, 2.05) is 0 Å². The molecule has 0 spiro atoms. The lowest BCUT2D eigenvalue weighted by Crippen LogP contribution is -1.98. The third-order valence-electron chi connectivity index (χ3n) is 2.14. The first-order valence-electron chi connectivity index (χ1n) is 5.53. The summed E-state index contributed by atoms with van der Waals surface area (Å²) in [6.45, 7) is 3.68. The SMILES string of the molecule is CCOP(=O)(OCC)/C(=C\F)c1ccc(Cl)cc1. The van der Waals surface area contributed by atoms with Crippen LogP contribution in [-0.4, -0.2) is 13.2 Å². The van der Waals surface area contributed by atoms with E-state index in [0.717, 1.165) is 0 Å². The third-order valence-corrected chi connectivity index (χ3v) is 4.53. The molecule has 0 aliphatic heterocycles. The van der Waals surface area contributed by atoms with Crippen molar-refractivity contribution in [2.75, 3.05) is 13.2 Å². The number of benzene rings is 1. The van der Waals surface area contributed by atoms with Crippen LogP contribution in [0.1, 0.15) is 19.4 Å². The van der Waals surface area contributed by atoms with Crippen LogP contribution in [0.3, 0.4) is 0 Å². The molecular weight excluding hydrogens is 278 g/mol. The summed E-state index contributed by atoms with van der Waals surface area (Å²) in [7, 11) is -3.62. The van der Waals surface area contributed by atoms with Crippen LogP contribution in [0.2, 0.25) is 5.02 Å². The van der Waals surface area contributed by atoms with E-state index in [1.54, 1.807) is 38.1 Å². The molecule has 6 heteroatoms. The first-order valence-corrected chi connectivity index (χ1v) is 7.45. The van der Waals surface area contributed by atoms with E-state index in [0.29, 0.717) is 10.6 Å². The van der Waals surface area contributed by atoms with E-state index in [1.165, 1.54) is 0 Å². The van der Waals surface area contributed by atoms with Gasteiger partial charge in [-0.15, -0.1) is 0 Å². The van der Waals surface area contributed by atoms with Crippen LogP contribution in [0.4, 0.5) is 4.39 Å². The van der Waals surface area contributed by atoms with Gasteiger partial charge in [0.25, 0.3) is 0 Å². The summed E-state index contributed by atoms with van der Waals surface area (Å²) in [6.07, 6.45) is 0.259. The highest BCUT2D eigenvalue weighted by molar-refractivity contribution is 7.65.